The number of carbonyl (C=O) groups is 1. The van der Waals surface area contributed by atoms with E-state index in [1.165, 1.54) is 11.3 Å². The summed E-state index contributed by atoms with van der Waals surface area (Å²) >= 11 is 1.45. The summed E-state index contributed by atoms with van der Waals surface area (Å²) in [6.45, 7) is 6.46. The minimum Gasteiger partial charge on any atom is -0.491 e. The molecule has 7 heteroatoms. The van der Waals surface area contributed by atoms with Crippen LogP contribution in [0.4, 0.5) is 0 Å². The first-order valence-corrected chi connectivity index (χ1v) is 8.60. The SMILES string of the molecule is CC(N)CCNC(=O)c1csc(-c2ccc(OC(C)C)cc2)n1.Cl. The lowest BCUT2D eigenvalue weighted by Gasteiger charge is -2.09. The van der Waals surface area contributed by atoms with Crippen LogP contribution in [-0.4, -0.2) is 29.6 Å². The third-order valence-electron chi connectivity index (χ3n) is 3.10. The lowest BCUT2D eigenvalue weighted by molar-refractivity contribution is 0.0948. The van der Waals surface area contributed by atoms with E-state index in [1.54, 1.807) is 5.38 Å². The molecule has 1 heterocycles. The minimum absolute atomic E-state index is 0. The van der Waals surface area contributed by atoms with Gasteiger partial charge in [-0.05, 0) is 51.5 Å². The molecule has 0 bridgehead atoms. The number of aromatic nitrogens is 1. The van der Waals surface area contributed by atoms with Crippen molar-refractivity contribution in [3.63, 3.8) is 0 Å². The topological polar surface area (TPSA) is 77.2 Å². The maximum absolute atomic E-state index is 12.0. The standard InChI is InChI=1S/C17H23N3O2S.ClH/c1-11(2)22-14-6-4-13(5-7-14)17-20-15(10-23-17)16(21)19-9-8-12(3)18;/h4-7,10-12H,8-9,18H2,1-3H3,(H,19,21);1H. The molecule has 0 saturated carbocycles. The summed E-state index contributed by atoms with van der Waals surface area (Å²) in [7, 11) is 0. The van der Waals surface area contributed by atoms with Crippen LogP contribution in [0.25, 0.3) is 10.6 Å². The highest BCUT2D eigenvalue weighted by Gasteiger charge is 2.12. The summed E-state index contributed by atoms with van der Waals surface area (Å²) in [6, 6.07) is 7.81. The number of nitrogens with two attached hydrogens (primary N) is 1. The zero-order valence-electron chi connectivity index (χ0n) is 14.1. The zero-order chi connectivity index (χ0) is 16.8. The van der Waals surface area contributed by atoms with Crippen LogP contribution >= 0.6 is 23.7 Å². The predicted molar refractivity (Wildman–Crippen MR) is 101 cm³/mol. The van der Waals surface area contributed by atoms with Gasteiger partial charge in [0, 0.05) is 23.5 Å². The number of rotatable bonds is 7. The second-order valence-corrected chi connectivity index (χ2v) is 6.61. The van der Waals surface area contributed by atoms with Gasteiger partial charge in [0.05, 0.1) is 6.10 Å². The molecule has 2 aromatic rings. The van der Waals surface area contributed by atoms with Crippen LogP contribution < -0.4 is 15.8 Å². The summed E-state index contributed by atoms with van der Waals surface area (Å²) in [6.07, 6.45) is 0.896. The Morgan fingerprint density at radius 3 is 2.54 bits per heavy atom. The summed E-state index contributed by atoms with van der Waals surface area (Å²) in [5, 5.41) is 5.42. The van der Waals surface area contributed by atoms with E-state index in [1.807, 2.05) is 45.0 Å². The number of hydrogen-bond acceptors (Lipinski definition) is 5. The van der Waals surface area contributed by atoms with E-state index < -0.39 is 0 Å². The molecule has 5 nitrogen and oxygen atoms in total. The minimum atomic E-state index is -0.159. The van der Waals surface area contributed by atoms with Gasteiger partial charge in [-0.25, -0.2) is 4.98 Å². The molecule has 0 saturated heterocycles. The Morgan fingerprint density at radius 2 is 1.96 bits per heavy atom. The smallest absolute Gasteiger partial charge is 0.270 e. The number of hydrogen-bond donors (Lipinski definition) is 2. The molecular weight excluding hydrogens is 346 g/mol. The molecule has 0 aliphatic rings. The second kappa shape index (κ2) is 9.61. The molecule has 1 amide bonds. The fraction of sp³-hybridized carbons (Fsp3) is 0.412. The van der Waals surface area contributed by atoms with Gasteiger partial charge in [-0.3, -0.25) is 4.79 Å². The number of halogens is 1. The van der Waals surface area contributed by atoms with Crippen LogP contribution in [0.1, 0.15) is 37.7 Å². The summed E-state index contributed by atoms with van der Waals surface area (Å²) < 4.78 is 5.62. The van der Waals surface area contributed by atoms with Gasteiger partial charge in [0.15, 0.2) is 0 Å². The number of nitrogens with one attached hydrogen (secondary N) is 1. The van der Waals surface area contributed by atoms with Gasteiger partial charge in [-0.1, -0.05) is 0 Å². The Labute approximate surface area is 153 Å². The van der Waals surface area contributed by atoms with Gasteiger partial charge in [-0.15, -0.1) is 23.7 Å². The number of benzene rings is 1. The van der Waals surface area contributed by atoms with E-state index in [9.17, 15) is 4.79 Å². The third-order valence-corrected chi connectivity index (χ3v) is 3.99. The maximum Gasteiger partial charge on any atom is 0.270 e. The average Bonchev–Trinajstić information content (AvgIpc) is 2.97. The molecule has 0 spiro atoms. The van der Waals surface area contributed by atoms with Crippen molar-refractivity contribution in [3.8, 4) is 16.3 Å². The Hall–Kier alpha value is -1.63. The largest absolute Gasteiger partial charge is 0.491 e. The Balaban J connectivity index is 0.00000288. The molecule has 24 heavy (non-hydrogen) atoms. The quantitative estimate of drug-likeness (QED) is 0.783. The number of nitrogens with zero attached hydrogens (tertiary/aromatic N) is 1. The van der Waals surface area contributed by atoms with Crippen LogP contribution in [0.3, 0.4) is 0 Å². The Bertz CT molecular complexity index is 642. The van der Waals surface area contributed by atoms with Crippen molar-refractivity contribution < 1.29 is 9.53 Å². The molecule has 1 aromatic carbocycles. The highest BCUT2D eigenvalue weighted by atomic mass is 35.5. The van der Waals surface area contributed by atoms with E-state index in [0.717, 1.165) is 22.7 Å². The van der Waals surface area contributed by atoms with Crippen molar-refractivity contribution in [2.24, 2.45) is 5.73 Å². The first-order chi connectivity index (χ1) is 11.0. The number of thiazole rings is 1. The van der Waals surface area contributed by atoms with E-state index in [2.05, 4.69) is 10.3 Å². The van der Waals surface area contributed by atoms with Gasteiger partial charge in [0.1, 0.15) is 16.5 Å². The van der Waals surface area contributed by atoms with Crippen LogP contribution in [0.2, 0.25) is 0 Å². The predicted octanol–water partition coefficient (Wildman–Crippen LogP) is 3.49. The molecule has 2 rings (SSSR count). The van der Waals surface area contributed by atoms with E-state index in [-0.39, 0.29) is 30.5 Å². The van der Waals surface area contributed by atoms with Crippen LogP contribution in [0.5, 0.6) is 5.75 Å². The molecule has 0 radical (unpaired) electrons. The van der Waals surface area contributed by atoms with Crippen LogP contribution in [-0.2, 0) is 0 Å². The first-order valence-electron chi connectivity index (χ1n) is 7.72. The fourth-order valence-corrected chi connectivity index (χ4v) is 2.77. The molecule has 1 unspecified atom stereocenters. The van der Waals surface area contributed by atoms with Gasteiger partial charge in [-0.2, -0.15) is 0 Å². The lowest BCUT2D eigenvalue weighted by Crippen LogP contribution is -2.29. The molecule has 1 atom stereocenters. The van der Waals surface area contributed by atoms with Gasteiger partial charge < -0.3 is 15.8 Å². The van der Waals surface area contributed by atoms with Crippen LogP contribution in [0.15, 0.2) is 29.6 Å². The molecule has 0 aliphatic carbocycles. The van der Waals surface area contributed by atoms with Crippen molar-refractivity contribution in [1.29, 1.82) is 0 Å². The number of ether oxygens (including phenoxy) is 1. The zero-order valence-corrected chi connectivity index (χ0v) is 15.7. The summed E-state index contributed by atoms with van der Waals surface area (Å²) in [4.78, 5) is 16.4. The van der Waals surface area contributed by atoms with Gasteiger partial charge in [0.25, 0.3) is 5.91 Å². The van der Waals surface area contributed by atoms with E-state index >= 15 is 0 Å². The Morgan fingerprint density at radius 1 is 1.29 bits per heavy atom. The molecular formula is C17H24ClN3O2S. The first kappa shape index (κ1) is 20.4. The monoisotopic (exact) mass is 369 g/mol. The molecule has 0 aliphatic heterocycles. The fourth-order valence-electron chi connectivity index (χ4n) is 1.96. The summed E-state index contributed by atoms with van der Waals surface area (Å²) in [5.41, 5.74) is 7.08. The van der Waals surface area contributed by atoms with Crippen molar-refractivity contribution in [1.82, 2.24) is 10.3 Å². The van der Waals surface area contributed by atoms with Gasteiger partial charge >= 0.3 is 0 Å². The normalized spacial score (nSPS) is 11.7. The van der Waals surface area contributed by atoms with Gasteiger partial charge in [0.2, 0.25) is 0 Å². The van der Waals surface area contributed by atoms with Crippen molar-refractivity contribution in [2.75, 3.05) is 6.54 Å². The number of amides is 1. The maximum atomic E-state index is 12.0. The van der Waals surface area contributed by atoms with Crippen molar-refractivity contribution in [2.45, 2.75) is 39.3 Å². The molecule has 3 N–H and O–H groups in total. The number of carbonyl (C=O) groups excluding carboxylic acids is 1. The highest BCUT2D eigenvalue weighted by molar-refractivity contribution is 7.13. The van der Waals surface area contributed by atoms with E-state index in [4.69, 9.17) is 10.5 Å². The lowest BCUT2D eigenvalue weighted by atomic mass is 10.2. The third kappa shape index (κ3) is 6.11. The Kier molecular flexibility index (Phi) is 8.18. The molecule has 1 aromatic heterocycles. The van der Waals surface area contributed by atoms with Crippen molar-refractivity contribution in [3.05, 3.63) is 35.3 Å². The van der Waals surface area contributed by atoms with Crippen molar-refractivity contribution >= 4 is 29.7 Å². The van der Waals surface area contributed by atoms with E-state index in [0.29, 0.717) is 12.2 Å². The summed E-state index contributed by atoms with van der Waals surface area (Å²) in [5.74, 6) is 0.669. The molecule has 132 valence electrons. The highest BCUT2D eigenvalue weighted by Crippen LogP contribution is 2.26. The van der Waals surface area contributed by atoms with Crippen LogP contribution in [0, 0.1) is 0 Å². The average molecular weight is 370 g/mol. The molecule has 0 fully saturated rings. The second-order valence-electron chi connectivity index (χ2n) is 5.75.